The monoisotopic (exact) mass is 425 g/mol. The molecule has 3 amide bonds. The van der Waals surface area contributed by atoms with Crippen molar-refractivity contribution in [1.82, 2.24) is 24.7 Å². The van der Waals surface area contributed by atoms with Crippen molar-refractivity contribution in [2.75, 3.05) is 13.1 Å². The maximum absolute atomic E-state index is 13.1. The molecule has 0 aliphatic carbocycles. The number of likely N-dealkylation sites (tertiary alicyclic amines) is 1. The van der Waals surface area contributed by atoms with E-state index in [9.17, 15) is 14.4 Å². The number of piperidine rings is 1. The molecule has 2 N–H and O–H groups in total. The first-order valence-electron chi connectivity index (χ1n) is 11.0. The molecule has 8 heteroatoms. The molecule has 0 saturated carbocycles. The Morgan fingerprint density at radius 3 is 2.65 bits per heavy atom. The molecule has 8 nitrogen and oxygen atoms in total. The highest BCUT2D eigenvalue weighted by Gasteiger charge is 2.37. The first kappa shape index (κ1) is 21.2. The van der Waals surface area contributed by atoms with Crippen molar-refractivity contribution in [2.24, 2.45) is 18.9 Å². The van der Waals surface area contributed by atoms with Crippen molar-refractivity contribution in [3.63, 3.8) is 0 Å². The van der Waals surface area contributed by atoms with Gasteiger partial charge in [-0.3, -0.25) is 9.59 Å². The van der Waals surface area contributed by atoms with Crippen LogP contribution in [0.3, 0.4) is 0 Å². The Morgan fingerprint density at radius 2 is 1.94 bits per heavy atom. The van der Waals surface area contributed by atoms with Crippen molar-refractivity contribution in [2.45, 2.75) is 45.3 Å². The maximum atomic E-state index is 13.1. The van der Waals surface area contributed by atoms with E-state index in [2.05, 4.69) is 10.6 Å². The minimum atomic E-state index is -0.607. The molecule has 4 rings (SSSR count). The van der Waals surface area contributed by atoms with Crippen LogP contribution in [-0.4, -0.2) is 45.1 Å². The summed E-state index contributed by atoms with van der Waals surface area (Å²) in [6.45, 7) is 6.07. The van der Waals surface area contributed by atoms with Gasteiger partial charge >= 0.3 is 6.03 Å². The molecule has 0 spiro atoms. The SMILES string of the molecule is CC(C)[C@H](NC(=O)N1C[C@@H]2C[C@H](C1)c1cccc(=O)n1C2)C(=O)NCc1cccn1C. The van der Waals surface area contributed by atoms with Gasteiger partial charge < -0.3 is 24.7 Å². The van der Waals surface area contributed by atoms with Crippen LogP contribution < -0.4 is 16.2 Å². The summed E-state index contributed by atoms with van der Waals surface area (Å²) in [7, 11) is 1.93. The number of urea groups is 1. The van der Waals surface area contributed by atoms with E-state index in [0.29, 0.717) is 26.2 Å². The van der Waals surface area contributed by atoms with Crippen LogP contribution in [0.5, 0.6) is 0 Å². The van der Waals surface area contributed by atoms with Crippen LogP contribution in [0.4, 0.5) is 4.79 Å². The summed E-state index contributed by atoms with van der Waals surface area (Å²) in [4.78, 5) is 39.9. The fourth-order valence-electron chi connectivity index (χ4n) is 4.79. The van der Waals surface area contributed by atoms with Crippen LogP contribution in [0.25, 0.3) is 0 Å². The summed E-state index contributed by atoms with van der Waals surface area (Å²) in [5.74, 6) is 0.177. The van der Waals surface area contributed by atoms with Gasteiger partial charge in [0.2, 0.25) is 5.91 Å². The molecule has 1 saturated heterocycles. The molecule has 3 atom stereocenters. The Hall–Kier alpha value is -3.03. The normalized spacial score (nSPS) is 20.8. The van der Waals surface area contributed by atoms with Crippen LogP contribution in [0.15, 0.2) is 41.3 Å². The molecular formula is C23H31N5O3. The van der Waals surface area contributed by atoms with Gasteiger partial charge in [0.05, 0.1) is 6.54 Å². The highest BCUT2D eigenvalue weighted by molar-refractivity contribution is 5.87. The summed E-state index contributed by atoms with van der Waals surface area (Å²) in [6, 6.07) is 8.44. The maximum Gasteiger partial charge on any atom is 0.318 e. The van der Waals surface area contributed by atoms with Gasteiger partial charge in [-0.25, -0.2) is 4.79 Å². The Balaban J connectivity index is 1.41. The molecule has 31 heavy (non-hydrogen) atoms. The second kappa shape index (κ2) is 8.61. The van der Waals surface area contributed by atoms with Crippen molar-refractivity contribution >= 4 is 11.9 Å². The van der Waals surface area contributed by atoms with Crippen molar-refractivity contribution in [3.8, 4) is 0 Å². The zero-order chi connectivity index (χ0) is 22.1. The van der Waals surface area contributed by atoms with Crippen molar-refractivity contribution in [3.05, 3.63) is 58.3 Å². The minimum absolute atomic E-state index is 0.0277. The van der Waals surface area contributed by atoms with E-state index in [1.165, 1.54) is 0 Å². The average molecular weight is 426 g/mol. The van der Waals surface area contributed by atoms with E-state index in [-0.39, 0.29) is 35.3 Å². The van der Waals surface area contributed by atoms with Gasteiger partial charge in [0.15, 0.2) is 0 Å². The lowest BCUT2D eigenvalue weighted by Gasteiger charge is -2.43. The lowest BCUT2D eigenvalue weighted by atomic mass is 9.83. The number of amides is 3. The molecule has 2 bridgehead atoms. The fourth-order valence-corrected chi connectivity index (χ4v) is 4.79. The number of nitrogens with one attached hydrogen (secondary N) is 2. The van der Waals surface area contributed by atoms with E-state index < -0.39 is 6.04 Å². The Bertz CT molecular complexity index is 1020. The lowest BCUT2D eigenvalue weighted by Crippen LogP contribution is -2.57. The van der Waals surface area contributed by atoms with Crippen LogP contribution >= 0.6 is 0 Å². The number of aromatic nitrogens is 2. The average Bonchev–Trinajstić information content (AvgIpc) is 3.15. The molecule has 2 aliphatic heterocycles. The highest BCUT2D eigenvalue weighted by Crippen LogP contribution is 2.34. The topological polar surface area (TPSA) is 88.4 Å². The standard InChI is InChI=1S/C23H31N5O3/c1-15(2)21(22(30)24-11-18-6-5-9-26(18)3)25-23(31)27-12-16-10-17(14-27)19-7-4-8-20(29)28(19)13-16/h4-9,15-17,21H,10-14H2,1-3H3,(H,24,30)(H,25,31)/t16-,17+,21-/m0/s1. The van der Waals surface area contributed by atoms with Gasteiger partial charge in [-0.1, -0.05) is 19.9 Å². The number of hydrogen-bond acceptors (Lipinski definition) is 3. The third-order valence-corrected chi connectivity index (χ3v) is 6.49. The number of nitrogens with zero attached hydrogens (tertiary/aromatic N) is 3. The zero-order valence-corrected chi connectivity index (χ0v) is 18.4. The number of pyridine rings is 1. The Kier molecular flexibility index (Phi) is 5.89. The number of rotatable bonds is 5. The molecule has 0 aromatic carbocycles. The lowest BCUT2D eigenvalue weighted by molar-refractivity contribution is -0.124. The van der Waals surface area contributed by atoms with E-state index in [1.54, 1.807) is 17.0 Å². The van der Waals surface area contributed by atoms with E-state index in [1.807, 2.05) is 54.4 Å². The molecule has 4 heterocycles. The predicted octanol–water partition coefficient (Wildman–Crippen LogP) is 1.66. The summed E-state index contributed by atoms with van der Waals surface area (Å²) < 4.78 is 3.81. The quantitative estimate of drug-likeness (QED) is 0.764. The number of hydrogen-bond donors (Lipinski definition) is 2. The largest absolute Gasteiger partial charge is 0.353 e. The number of aryl methyl sites for hydroxylation is 1. The molecular weight excluding hydrogens is 394 g/mol. The molecule has 166 valence electrons. The molecule has 0 radical (unpaired) electrons. The summed E-state index contributed by atoms with van der Waals surface area (Å²) in [5, 5.41) is 5.90. The van der Waals surface area contributed by atoms with Gasteiger partial charge in [0.1, 0.15) is 6.04 Å². The highest BCUT2D eigenvalue weighted by atomic mass is 16.2. The molecule has 0 unspecified atom stereocenters. The van der Waals surface area contributed by atoms with Gasteiger partial charge in [-0.2, -0.15) is 0 Å². The molecule has 2 aliphatic rings. The van der Waals surface area contributed by atoms with Crippen LogP contribution in [-0.2, 0) is 24.9 Å². The molecule has 1 fully saturated rings. The summed E-state index contributed by atoms with van der Waals surface area (Å²) in [6.07, 6.45) is 2.92. The van der Waals surface area contributed by atoms with Crippen LogP contribution in [0.2, 0.25) is 0 Å². The van der Waals surface area contributed by atoms with E-state index in [0.717, 1.165) is 17.8 Å². The van der Waals surface area contributed by atoms with Crippen molar-refractivity contribution in [1.29, 1.82) is 0 Å². The summed E-state index contributed by atoms with van der Waals surface area (Å²) >= 11 is 0. The zero-order valence-electron chi connectivity index (χ0n) is 18.4. The molecule has 2 aromatic rings. The minimum Gasteiger partial charge on any atom is -0.353 e. The van der Waals surface area contributed by atoms with Crippen molar-refractivity contribution < 1.29 is 9.59 Å². The van der Waals surface area contributed by atoms with E-state index in [4.69, 9.17) is 0 Å². The molecule has 2 aromatic heterocycles. The third-order valence-electron chi connectivity index (χ3n) is 6.49. The first-order valence-corrected chi connectivity index (χ1v) is 11.0. The van der Waals surface area contributed by atoms with Gasteiger partial charge in [0, 0.05) is 56.3 Å². The predicted molar refractivity (Wildman–Crippen MR) is 118 cm³/mol. The van der Waals surface area contributed by atoms with Crippen LogP contribution in [0.1, 0.15) is 37.6 Å². The van der Waals surface area contributed by atoms with Gasteiger partial charge in [0.25, 0.3) is 5.56 Å². The summed E-state index contributed by atoms with van der Waals surface area (Å²) in [5.41, 5.74) is 2.03. The van der Waals surface area contributed by atoms with Gasteiger partial charge in [-0.15, -0.1) is 0 Å². The fraction of sp³-hybridized carbons (Fsp3) is 0.522. The third kappa shape index (κ3) is 4.38. The number of carbonyl (C=O) groups is 2. The Labute approximate surface area is 182 Å². The van der Waals surface area contributed by atoms with Crippen LogP contribution in [0, 0.1) is 11.8 Å². The number of carbonyl (C=O) groups excluding carboxylic acids is 2. The first-order chi connectivity index (χ1) is 14.8. The number of fused-ring (bicyclic) bond motifs is 4. The van der Waals surface area contributed by atoms with E-state index >= 15 is 0 Å². The van der Waals surface area contributed by atoms with Gasteiger partial charge in [-0.05, 0) is 36.5 Å². The smallest absolute Gasteiger partial charge is 0.318 e. The second-order valence-corrected chi connectivity index (χ2v) is 9.10. The Morgan fingerprint density at radius 1 is 1.13 bits per heavy atom. The second-order valence-electron chi connectivity index (χ2n) is 9.10.